The van der Waals surface area contributed by atoms with Crippen LogP contribution in [0.2, 0.25) is 14.8 Å². The van der Waals surface area contributed by atoms with Gasteiger partial charge in [-0.05, 0) is 47.6 Å². The van der Waals surface area contributed by atoms with Crippen molar-refractivity contribution in [2.45, 2.75) is 125 Å². The number of nitrogens with zero attached hydrogens (tertiary/aromatic N) is 3. The number of halogens is 3. The van der Waals surface area contributed by atoms with E-state index in [9.17, 15) is 26.4 Å². The van der Waals surface area contributed by atoms with E-state index in [2.05, 4.69) is 76.4 Å². The predicted molar refractivity (Wildman–Crippen MR) is 173 cm³/mol. The van der Waals surface area contributed by atoms with Crippen LogP contribution in [0.3, 0.4) is 0 Å². The Morgan fingerprint density at radius 1 is 0.674 bits per heavy atom. The second-order valence-electron chi connectivity index (χ2n) is 15.6. The monoisotopic (exact) mass is 745 g/mol. The van der Waals surface area contributed by atoms with E-state index in [1.807, 2.05) is 29.3 Å². The number of carbonyl (C=O) groups is 1. The van der Waals surface area contributed by atoms with Crippen LogP contribution < -0.4 is 0 Å². The van der Waals surface area contributed by atoms with Crippen LogP contribution in [0.15, 0.2) is 21.5 Å². The van der Waals surface area contributed by atoms with E-state index >= 15 is 0 Å². The molecular weight excluding hydrogens is 686 g/mol. The largest absolute Gasteiger partial charge is 0.300 e. The van der Waals surface area contributed by atoms with E-state index in [1.165, 1.54) is 25.6 Å². The molecule has 0 unspecified atom stereocenters. The quantitative estimate of drug-likeness (QED) is 0.176. The predicted octanol–water partition coefficient (Wildman–Crippen LogP) is 6.98. The average Bonchev–Trinajstić information content (AvgIpc) is 2.82. The summed E-state index contributed by atoms with van der Waals surface area (Å²) in [7, 11) is -5.54. The topological polar surface area (TPSA) is 70.2 Å². The minimum atomic E-state index is -5.54. The second kappa shape index (κ2) is 15.3. The van der Waals surface area contributed by atoms with Gasteiger partial charge in [0.2, 0.25) is 0 Å². The van der Waals surface area contributed by atoms with Crippen LogP contribution in [0.1, 0.15) is 88.0 Å². The van der Waals surface area contributed by atoms with Crippen LogP contribution in [-0.2, 0) is 19.1 Å². The van der Waals surface area contributed by atoms with Gasteiger partial charge in [0.05, 0.1) is 0 Å². The van der Waals surface area contributed by atoms with Gasteiger partial charge < -0.3 is 4.18 Å². The molecule has 3 aliphatic heterocycles. The normalized spacial score (nSPS) is 20.7. The Bertz CT molecular complexity index is 1080. The molecule has 1 saturated heterocycles. The number of ketones is 1. The van der Waals surface area contributed by atoms with Crippen LogP contribution in [-0.4, -0.2) is 109 Å². The first-order valence-corrected chi connectivity index (χ1v) is 26.7. The molecule has 0 N–H and O–H groups in total. The minimum absolute atomic E-state index is 0.120. The van der Waals surface area contributed by atoms with Gasteiger partial charge in [0, 0.05) is 56.5 Å². The van der Waals surface area contributed by atoms with Crippen LogP contribution in [0.5, 0.6) is 0 Å². The van der Waals surface area contributed by atoms with Crippen molar-refractivity contribution < 1.29 is 30.6 Å². The van der Waals surface area contributed by atoms with E-state index in [0.717, 1.165) is 25.9 Å². The minimum Gasteiger partial charge on any atom is -0.300 e. The fourth-order valence-corrected chi connectivity index (χ4v) is 9.91. The van der Waals surface area contributed by atoms with Crippen LogP contribution in [0, 0.1) is 0 Å². The molecule has 0 bridgehead atoms. The van der Waals surface area contributed by atoms with E-state index < -0.39 is 34.0 Å². The molecule has 0 aromatic heterocycles. The number of piperidine rings is 1. The van der Waals surface area contributed by atoms with Gasteiger partial charge in [-0.25, -0.2) is 0 Å². The molecule has 252 valence electrons. The third-order valence-electron chi connectivity index (χ3n) is 8.01. The Morgan fingerprint density at radius 3 is 1.37 bits per heavy atom. The first kappa shape index (κ1) is 40.4. The van der Waals surface area contributed by atoms with Gasteiger partial charge in [-0.2, -0.15) is 21.6 Å². The van der Waals surface area contributed by atoms with Crippen molar-refractivity contribution in [1.82, 2.24) is 14.7 Å². The van der Waals surface area contributed by atoms with Crippen molar-refractivity contribution in [2.75, 3.05) is 39.3 Å². The molecule has 3 heterocycles. The molecule has 7 nitrogen and oxygen atoms in total. The van der Waals surface area contributed by atoms with Gasteiger partial charge in [-0.3, -0.25) is 14.6 Å². The molecule has 12 heteroatoms. The van der Waals surface area contributed by atoms with E-state index in [1.54, 1.807) is 0 Å². The summed E-state index contributed by atoms with van der Waals surface area (Å²) in [5.74, 6) is 0.276. The third-order valence-corrected chi connectivity index (χ3v) is 15.8. The Morgan fingerprint density at radius 2 is 1.07 bits per heavy atom. The van der Waals surface area contributed by atoms with E-state index in [0.29, 0.717) is 24.4 Å². The van der Waals surface area contributed by atoms with Gasteiger partial charge in [-0.15, -0.1) is 0 Å². The summed E-state index contributed by atoms with van der Waals surface area (Å²) in [5, 5.41) is 0. The smallest absolute Gasteiger partial charge is 0.135 e. The maximum Gasteiger partial charge on any atom is 0.135 e. The van der Waals surface area contributed by atoms with Gasteiger partial charge in [0.25, 0.3) is 0 Å². The first-order chi connectivity index (χ1) is 19.1. The first-order valence-electron chi connectivity index (χ1n) is 15.3. The molecule has 0 aromatic rings. The van der Waals surface area contributed by atoms with Crippen molar-refractivity contribution >= 4 is 34.3 Å². The van der Waals surface area contributed by atoms with Crippen LogP contribution >= 0.6 is 0 Å². The molecular formula is C31H58F3N3O4SSn. The maximum atomic E-state index is 12.1. The van der Waals surface area contributed by atoms with Crippen molar-refractivity contribution in [2.24, 2.45) is 0 Å². The molecule has 0 aromatic carbocycles. The molecule has 3 aliphatic rings. The number of Topliss-reactive ketones (excluding diaryl/α,β-unsaturated/α-hetero) is 1. The standard InChI is InChI=1S/C10H16F3NO3S.C9H17NO.C9H16N.3CH3.Sn/c1-9(2,3)14-6-4-8(5-7-14)17-18(15,16)10(11,12)13;1-9(2,3)10-6-4-8(11)5-7-10;1-9(2,3)10-7-5-4-6-8-10;;;;/h4H,5-7H2,1-3H3;4-7H2,1-3H3;5H,6-8H2,1-3H3;3*1H3;. The zero-order valence-corrected chi connectivity index (χ0v) is 32.4. The van der Waals surface area contributed by atoms with Crippen LogP contribution in [0.4, 0.5) is 13.2 Å². The Balaban J connectivity index is 0.000000332. The molecule has 1 fully saturated rings. The number of likely N-dealkylation sites (tertiary alicyclic amines) is 1. The van der Waals surface area contributed by atoms with Crippen LogP contribution in [0.25, 0.3) is 0 Å². The second-order valence-corrected chi connectivity index (χ2v) is 31.8. The Labute approximate surface area is 264 Å². The molecule has 0 amide bonds. The number of alkyl halides is 3. The zero-order chi connectivity index (χ0) is 33.7. The fraction of sp³-hybridized carbons (Fsp3) is 0.839. The number of carbonyl (C=O) groups excluding carboxylic acids is 1. The SMILES string of the molecule is CC(C)(C)N1CC=C(OS(=O)(=O)C(F)(F)F)CC1.CC(C)(C)N1CC=[C]([Sn]([CH3])([CH3])[CH3])CC1.CC(C)(C)N1CCC(=O)CC1. The molecule has 0 saturated carbocycles. The Kier molecular flexibility index (Phi) is 14.4. The average molecular weight is 745 g/mol. The van der Waals surface area contributed by atoms with E-state index in [4.69, 9.17) is 0 Å². The zero-order valence-electron chi connectivity index (χ0n) is 28.7. The van der Waals surface area contributed by atoms with Crippen molar-refractivity contribution in [3.63, 3.8) is 0 Å². The maximum absolute atomic E-state index is 12.1. The Hall–Kier alpha value is -0.631. The van der Waals surface area contributed by atoms with Gasteiger partial charge in [0.15, 0.2) is 0 Å². The third kappa shape index (κ3) is 14.1. The summed E-state index contributed by atoms with van der Waals surface area (Å²) < 4.78 is 63.8. The molecule has 0 spiro atoms. The van der Waals surface area contributed by atoms with Gasteiger partial charge in [0.1, 0.15) is 11.5 Å². The number of rotatable bonds is 3. The summed E-state index contributed by atoms with van der Waals surface area (Å²) in [6, 6.07) is 0. The van der Waals surface area contributed by atoms with Crippen molar-refractivity contribution in [1.29, 1.82) is 0 Å². The molecule has 3 rings (SSSR count). The number of hydrogen-bond donors (Lipinski definition) is 0. The summed E-state index contributed by atoms with van der Waals surface area (Å²) in [6.45, 7) is 24.6. The molecule has 0 atom stereocenters. The molecule has 43 heavy (non-hydrogen) atoms. The van der Waals surface area contributed by atoms with Crippen molar-refractivity contribution in [3.05, 3.63) is 21.5 Å². The van der Waals surface area contributed by atoms with E-state index in [-0.39, 0.29) is 23.3 Å². The fourth-order valence-electron chi connectivity index (χ4n) is 4.91. The van der Waals surface area contributed by atoms with Crippen molar-refractivity contribution in [3.8, 4) is 0 Å². The summed E-state index contributed by atoms with van der Waals surface area (Å²) in [6.07, 6.45) is 6.86. The summed E-state index contributed by atoms with van der Waals surface area (Å²) in [5.41, 5.74) is -4.92. The summed E-state index contributed by atoms with van der Waals surface area (Å²) in [4.78, 5) is 25.4. The summed E-state index contributed by atoms with van der Waals surface area (Å²) >= 11 is -1.71. The van der Waals surface area contributed by atoms with Gasteiger partial charge in [-0.1, -0.05) is 0 Å². The molecule has 0 aliphatic carbocycles. The van der Waals surface area contributed by atoms with Gasteiger partial charge >= 0.3 is 109 Å². The number of hydrogen-bond acceptors (Lipinski definition) is 7. The molecule has 0 radical (unpaired) electrons.